The molecule has 0 aliphatic heterocycles. The van der Waals surface area contributed by atoms with Crippen LogP contribution in [-0.2, 0) is 4.79 Å². The number of alkyl halides is 1. The molecule has 72 valence electrons. The molecule has 0 atom stereocenters. The minimum Gasteiger partial charge on any atom is -0.300 e. The summed E-state index contributed by atoms with van der Waals surface area (Å²) in [6.07, 6.45) is 7.68. The molecule has 1 nitrogen and oxygen atoms in total. The highest BCUT2D eigenvalue weighted by Crippen LogP contribution is 2.06. The minimum absolute atomic E-state index is 0.406. The Morgan fingerprint density at radius 3 is 2.33 bits per heavy atom. The maximum Gasteiger partial charge on any atom is 0.133 e. The number of carbonyl (C=O) groups excluding carboxylic acids is 1. The van der Waals surface area contributed by atoms with E-state index < -0.39 is 0 Å². The van der Waals surface area contributed by atoms with Crippen LogP contribution in [-0.4, -0.2) is 11.1 Å². The first-order chi connectivity index (χ1) is 5.81. The summed E-state index contributed by atoms with van der Waals surface area (Å²) in [5.74, 6) is 0.406. The number of hydrogen-bond donors (Lipinski definition) is 0. The molecule has 0 saturated heterocycles. The number of ketones is 1. The summed E-state index contributed by atoms with van der Waals surface area (Å²) in [7, 11) is 0. The highest BCUT2D eigenvalue weighted by Gasteiger charge is 1.99. The van der Waals surface area contributed by atoms with Crippen LogP contribution in [0.1, 0.15) is 51.9 Å². The zero-order valence-electron chi connectivity index (χ0n) is 7.94. The van der Waals surface area contributed by atoms with E-state index in [2.05, 4.69) is 22.9 Å². The van der Waals surface area contributed by atoms with Crippen molar-refractivity contribution in [2.24, 2.45) is 0 Å². The van der Waals surface area contributed by atoms with Crippen LogP contribution in [0.15, 0.2) is 0 Å². The van der Waals surface area contributed by atoms with Crippen molar-refractivity contribution in [2.75, 3.05) is 5.33 Å². The molecule has 2 heteroatoms. The van der Waals surface area contributed by atoms with Gasteiger partial charge in [-0.2, -0.15) is 0 Å². The monoisotopic (exact) mass is 234 g/mol. The van der Waals surface area contributed by atoms with Gasteiger partial charge in [0.25, 0.3) is 0 Å². The first-order valence-electron chi connectivity index (χ1n) is 4.89. The van der Waals surface area contributed by atoms with Gasteiger partial charge in [-0.25, -0.2) is 0 Å². The van der Waals surface area contributed by atoms with E-state index in [-0.39, 0.29) is 0 Å². The van der Waals surface area contributed by atoms with Gasteiger partial charge in [-0.1, -0.05) is 48.5 Å². The van der Waals surface area contributed by atoms with Gasteiger partial charge < -0.3 is 0 Å². The third-order valence-corrected chi connectivity index (χ3v) is 2.33. The summed E-state index contributed by atoms with van der Waals surface area (Å²) in [5.41, 5.74) is 0. The van der Waals surface area contributed by atoms with Gasteiger partial charge in [-0.15, -0.1) is 0 Å². The molecule has 0 aliphatic carbocycles. The maximum atomic E-state index is 11.0. The van der Waals surface area contributed by atoms with Crippen LogP contribution < -0.4 is 0 Å². The number of hydrogen-bond acceptors (Lipinski definition) is 1. The van der Waals surface area contributed by atoms with Gasteiger partial charge in [0.2, 0.25) is 0 Å². The van der Waals surface area contributed by atoms with Crippen LogP contribution in [0.5, 0.6) is 0 Å². The molecule has 0 aliphatic rings. The van der Waals surface area contributed by atoms with E-state index in [1.807, 2.05) is 0 Å². The summed E-state index contributed by atoms with van der Waals surface area (Å²) in [5, 5.41) is 0.820. The zero-order chi connectivity index (χ0) is 9.23. The van der Waals surface area contributed by atoms with Gasteiger partial charge in [-0.05, 0) is 6.42 Å². The molecule has 0 radical (unpaired) electrons. The predicted octanol–water partition coefficient (Wildman–Crippen LogP) is 3.70. The summed E-state index contributed by atoms with van der Waals surface area (Å²) < 4.78 is 0. The zero-order valence-corrected chi connectivity index (χ0v) is 9.53. The summed E-state index contributed by atoms with van der Waals surface area (Å²) in [6, 6.07) is 0. The second-order valence-corrected chi connectivity index (χ2v) is 3.93. The van der Waals surface area contributed by atoms with Crippen LogP contribution >= 0.6 is 15.9 Å². The molecule has 0 fully saturated rings. The predicted molar refractivity (Wildman–Crippen MR) is 56.8 cm³/mol. The van der Waals surface area contributed by atoms with E-state index in [0.29, 0.717) is 12.2 Å². The molecule has 0 rings (SSSR count). The Morgan fingerprint density at radius 2 is 1.75 bits per heavy atom. The van der Waals surface area contributed by atoms with Crippen molar-refractivity contribution < 1.29 is 4.79 Å². The fraction of sp³-hybridized carbons (Fsp3) is 0.900. The van der Waals surface area contributed by atoms with Crippen molar-refractivity contribution in [3.63, 3.8) is 0 Å². The minimum atomic E-state index is 0.406. The largest absolute Gasteiger partial charge is 0.300 e. The molecule has 0 amide bonds. The van der Waals surface area contributed by atoms with Crippen molar-refractivity contribution in [1.82, 2.24) is 0 Å². The van der Waals surface area contributed by atoms with Gasteiger partial charge in [0.05, 0.1) is 0 Å². The highest BCUT2D eigenvalue weighted by atomic mass is 79.9. The average molecular weight is 235 g/mol. The smallest absolute Gasteiger partial charge is 0.133 e. The van der Waals surface area contributed by atoms with Crippen molar-refractivity contribution in [3.8, 4) is 0 Å². The molecule has 0 aromatic heterocycles. The molecule has 12 heavy (non-hydrogen) atoms. The number of halogens is 1. The Morgan fingerprint density at radius 1 is 1.08 bits per heavy atom. The number of Topliss-reactive ketones (excluding diaryl/α,β-unsaturated/α-hetero) is 1. The molecule has 0 spiro atoms. The van der Waals surface area contributed by atoms with Gasteiger partial charge in [0.1, 0.15) is 5.78 Å². The van der Waals surface area contributed by atoms with Crippen molar-refractivity contribution >= 4 is 21.7 Å². The number of rotatable bonds is 8. The molecular weight excluding hydrogens is 216 g/mol. The Balaban J connectivity index is 3.03. The first-order valence-corrected chi connectivity index (χ1v) is 6.01. The molecular formula is C10H19BrO. The molecule has 0 unspecified atom stereocenters. The van der Waals surface area contributed by atoms with E-state index in [4.69, 9.17) is 0 Å². The lowest BCUT2D eigenvalue weighted by atomic mass is 10.1. The lowest BCUT2D eigenvalue weighted by molar-refractivity contribution is -0.118. The van der Waals surface area contributed by atoms with E-state index >= 15 is 0 Å². The molecule has 0 heterocycles. The van der Waals surface area contributed by atoms with Crippen molar-refractivity contribution in [2.45, 2.75) is 51.9 Å². The first kappa shape index (κ1) is 12.2. The summed E-state index contributed by atoms with van der Waals surface area (Å²) in [6.45, 7) is 2.20. The molecule has 0 aromatic carbocycles. The Bertz CT molecular complexity index is 112. The second kappa shape index (κ2) is 9.24. The average Bonchev–Trinajstić information content (AvgIpc) is 2.05. The lowest BCUT2D eigenvalue weighted by Crippen LogP contribution is -1.97. The van der Waals surface area contributed by atoms with Gasteiger partial charge in [0, 0.05) is 18.2 Å². The van der Waals surface area contributed by atoms with E-state index in [1.54, 1.807) is 0 Å². The number of unbranched alkanes of at least 4 members (excludes halogenated alkanes) is 4. The van der Waals surface area contributed by atoms with Crippen LogP contribution in [0.4, 0.5) is 0 Å². The molecule has 0 N–H and O–H groups in total. The third kappa shape index (κ3) is 8.25. The van der Waals surface area contributed by atoms with Crippen LogP contribution in [0.2, 0.25) is 0 Å². The molecule has 0 aromatic rings. The fourth-order valence-electron chi connectivity index (χ4n) is 1.16. The van der Waals surface area contributed by atoms with Crippen LogP contribution in [0.25, 0.3) is 0 Å². The Kier molecular flexibility index (Phi) is 9.36. The van der Waals surface area contributed by atoms with E-state index in [1.165, 1.54) is 25.7 Å². The highest BCUT2D eigenvalue weighted by molar-refractivity contribution is 9.09. The summed E-state index contributed by atoms with van der Waals surface area (Å²) in [4.78, 5) is 11.0. The van der Waals surface area contributed by atoms with Crippen LogP contribution in [0, 0.1) is 0 Å². The van der Waals surface area contributed by atoms with E-state index in [9.17, 15) is 4.79 Å². The van der Waals surface area contributed by atoms with Crippen molar-refractivity contribution in [3.05, 3.63) is 0 Å². The SMILES string of the molecule is CCCCCCCC(=O)CCBr. The topological polar surface area (TPSA) is 17.1 Å². The lowest BCUT2D eigenvalue weighted by Gasteiger charge is -1.98. The maximum absolute atomic E-state index is 11.0. The number of carbonyl (C=O) groups is 1. The van der Waals surface area contributed by atoms with Crippen molar-refractivity contribution in [1.29, 1.82) is 0 Å². The van der Waals surface area contributed by atoms with Gasteiger partial charge in [0.15, 0.2) is 0 Å². The Hall–Kier alpha value is 0.150. The van der Waals surface area contributed by atoms with E-state index in [0.717, 1.165) is 18.2 Å². The normalized spacial score (nSPS) is 10.2. The van der Waals surface area contributed by atoms with Gasteiger partial charge >= 0.3 is 0 Å². The quantitative estimate of drug-likeness (QED) is 0.463. The Labute approximate surface area is 84.1 Å². The second-order valence-electron chi connectivity index (χ2n) is 3.14. The molecule has 0 saturated carbocycles. The standard InChI is InChI=1S/C10H19BrO/c1-2-3-4-5-6-7-10(12)8-9-11/h2-9H2,1H3. The summed E-state index contributed by atoms with van der Waals surface area (Å²) >= 11 is 3.26. The fourth-order valence-corrected chi connectivity index (χ4v) is 1.60. The van der Waals surface area contributed by atoms with Crippen LogP contribution in [0.3, 0.4) is 0 Å². The third-order valence-electron chi connectivity index (χ3n) is 1.93. The molecule has 0 bridgehead atoms. The van der Waals surface area contributed by atoms with Gasteiger partial charge in [-0.3, -0.25) is 4.79 Å².